The van der Waals surface area contributed by atoms with Gasteiger partial charge in [-0.15, -0.1) is 0 Å². The van der Waals surface area contributed by atoms with Crippen LogP contribution in [0.15, 0.2) is 0 Å². The number of nitrogens with one attached hydrogen (secondary N) is 2. The van der Waals surface area contributed by atoms with Crippen molar-refractivity contribution in [3.05, 3.63) is 0 Å². The zero-order chi connectivity index (χ0) is 20.2. The Balaban J connectivity index is 0. The number of carboxylic acid groups (broad SMARTS) is 2. The average Bonchev–Trinajstić information content (AvgIpc) is 2.48. The van der Waals surface area contributed by atoms with Gasteiger partial charge in [0.1, 0.15) is 6.04 Å². The number of halogens is 3. The molecule has 0 spiro atoms. The number of carbonyl (C=O) groups is 5. The first kappa shape index (κ1) is 24.4. The predicted octanol–water partition coefficient (Wildman–Crippen LogP) is -2.47. The van der Waals surface area contributed by atoms with Gasteiger partial charge in [-0.05, 0) is 6.42 Å². The fourth-order valence-corrected chi connectivity index (χ4v) is 1.04. The van der Waals surface area contributed by atoms with Crippen LogP contribution in [0.4, 0.5) is 13.2 Å². The van der Waals surface area contributed by atoms with Gasteiger partial charge in [-0.2, -0.15) is 13.2 Å². The molecule has 0 heterocycles. The van der Waals surface area contributed by atoms with Crippen LogP contribution >= 0.6 is 0 Å². The zero-order valence-corrected chi connectivity index (χ0v) is 12.6. The van der Waals surface area contributed by atoms with Crippen LogP contribution < -0.4 is 22.1 Å². The van der Waals surface area contributed by atoms with Crippen molar-refractivity contribution in [2.45, 2.75) is 25.1 Å². The minimum atomic E-state index is -5.08. The molecule has 0 aliphatic carbocycles. The molecule has 1 atom stereocenters. The van der Waals surface area contributed by atoms with Crippen LogP contribution in [0.2, 0.25) is 0 Å². The fraction of sp³-hybridized carbons (Fsp3) is 0.545. The standard InChI is InChI=1S/C9H16N4O5.C2HF3O2/c10-3-7(15)12-4-8(16)13-5(9(17)18)1-2-6(11)14;3-2(4,5)1(6)7/h5H,1-4,10H2,(H2,11,14)(H,12,15)(H,13,16)(H,17,18);(H,6,7)/t5-;/m0./s1. The number of rotatable bonds is 8. The lowest BCUT2D eigenvalue weighted by Crippen LogP contribution is -2.46. The van der Waals surface area contributed by atoms with Crippen LogP contribution in [-0.4, -0.2) is 65.2 Å². The Morgan fingerprint density at radius 3 is 1.84 bits per heavy atom. The molecule has 0 saturated carbocycles. The highest BCUT2D eigenvalue weighted by atomic mass is 19.4. The van der Waals surface area contributed by atoms with Gasteiger partial charge < -0.3 is 32.3 Å². The summed E-state index contributed by atoms with van der Waals surface area (Å²) >= 11 is 0. The van der Waals surface area contributed by atoms with Gasteiger partial charge in [0.2, 0.25) is 17.7 Å². The second-order valence-electron chi connectivity index (χ2n) is 4.25. The Morgan fingerprint density at radius 1 is 1.04 bits per heavy atom. The maximum atomic E-state index is 11.3. The van der Waals surface area contributed by atoms with E-state index in [-0.39, 0.29) is 25.9 Å². The van der Waals surface area contributed by atoms with Gasteiger partial charge in [-0.1, -0.05) is 0 Å². The van der Waals surface area contributed by atoms with Crippen molar-refractivity contribution >= 4 is 29.7 Å². The van der Waals surface area contributed by atoms with Crippen LogP contribution in [0, 0.1) is 0 Å². The first-order valence-electron chi connectivity index (χ1n) is 6.38. The third-order valence-electron chi connectivity index (χ3n) is 2.19. The van der Waals surface area contributed by atoms with E-state index in [1.165, 1.54) is 0 Å². The van der Waals surface area contributed by atoms with Crippen LogP contribution in [0.5, 0.6) is 0 Å². The summed E-state index contributed by atoms with van der Waals surface area (Å²) in [5.74, 6) is -5.92. The molecular formula is C11H17F3N4O7. The van der Waals surface area contributed by atoms with E-state index >= 15 is 0 Å². The minimum Gasteiger partial charge on any atom is -0.480 e. The molecule has 0 fully saturated rings. The van der Waals surface area contributed by atoms with Crippen molar-refractivity contribution in [3.8, 4) is 0 Å². The number of hydrogen-bond acceptors (Lipinski definition) is 6. The van der Waals surface area contributed by atoms with E-state index in [2.05, 4.69) is 10.6 Å². The first-order valence-corrected chi connectivity index (χ1v) is 6.38. The molecule has 0 aromatic heterocycles. The lowest BCUT2D eigenvalue weighted by atomic mass is 10.1. The molecule has 0 saturated heterocycles. The maximum absolute atomic E-state index is 11.3. The number of amides is 3. The van der Waals surface area contributed by atoms with E-state index in [0.29, 0.717) is 0 Å². The molecule has 0 aliphatic rings. The summed E-state index contributed by atoms with van der Waals surface area (Å²) in [6.07, 6.45) is -5.35. The summed E-state index contributed by atoms with van der Waals surface area (Å²) in [5.41, 5.74) is 9.87. The molecule has 144 valence electrons. The van der Waals surface area contributed by atoms with Crippen molar-refractivity contribution in [1.29, 1.82) is 0 Å². The molecule has 3 amide bonds. The Kier molecular flexibility index (Phi) is 11.3. The molecule has 11 nitrogen and oxygen atoms in total. The van der Waals surface area contributed by atoms with Crippen LogP contribution in [-0.2, 0) is 24.0 Å². The highest BCUT2D eigenvalue weighted by Gasteiger charge is 2.38. The Hall–Kier alpha value is -2.90. The van der Waals surface area contributed by atoms with Gasteiger partial charge in [0, 0.05) is 6.42 Å². The van der Waals surface area contributed by atoms with Gasteiger partial charge in [-0.25, -0.2) is 9.59 Å². The van der Waals surface area contributed by atoms with Crippen molar-refractivity contribution in [2.24, 2.45) is 11.5 Å². The number of alkyl halides is 3. The maximum Gasteiger partial charge on any atom is 0.490 e. The predicted molar refractivity (Wildman–Crippen MR) is 73.7 cm³/mol. The van der Waals surface area contributed by atoms with Gasteiger partial charge >= 0.3 is 18.1 Å². The summed E-state index contributed by atoms with van der Waals surface area (Å²) in [4.78, 5) is 52.2. The second kappa shape index (κ2) is 11.6. The molecule has 0 aromatic rings. The highest BCUT2D eigenvalue weighted by Crippen LogP contribution is 2.13. The summed E-state index contributed by atoms with van der Waals surface area (Å²) in [6, 6.07) is -1.22. The van der Waals surface area contributed by atoms with Crippen molar-refractivity contribution in [2.75, 3.05) is 13.1 Å². The van der Waals surface area contributed by atoms with Crippen LogP contribution in [0.25, 0.3) is 0 Å². The highest BCUT2D eigenvalue weighted by molar-refractivity contribution is 5.88. The minimum absolute atomic E-state index is 0.110. The van der Waals surface area contributed by atoms with E-state index in [4.69, 9.17) is 26.5 Å². The van der Waals surface area contributed by atoms with E-state index in [1.54, 1.807) is 0 Å². The summed E-state index contributed by atoms with van der Waals surface area (Å²) in [6.45, 7) is -0.645. The summed E-state index contributed by atoms with van der Waals surface area (Å²) in [7, 11) is 0. The number of aliphatic carboxylic acids is 2. The first-order chi connectivity index (χ1) is 11.3. The molecule has 0 rings (SSSR count). The lowest BCUT2D eigenvalue weighted by molar-refractivity contribution is -0.192. The topological polar surface area (TPSA) is 202 Å². The van der Waals surface area contributed by atoms with Crippen molar-refractivity contribution < 1.29 is 47.4 Å². The zero-order valence-electron chi connectivity index (χ0n) is 12.6. The van der Waals surface area contributed by atoms with E-state index in [0.717, 1.165) is 0 Å². The van der Waals surface area contributed by atoms with E-state index in [1.807, 2.05) is 0 Å². The molecular weight excluding hydrogens is 357 g/mol. The molecule has 0 aliphatic heterocycles. The van der Waals surface area contributed by atoms with Gasteiger partial charge in [-0.3, -0.25) is 14.4 Å². The summed E-state index contributed by atoms with van der Waals surface area (Å²) < 4.78 is 31.7. The SMILES string of the molecule is NCC(=O)NCC(=O)N[C@@H](CCC(N)=O)C(=O)O.O=C(O)C(F)(F)F. The van der Waals surface area contributed by atoms with Crippen molar-refractivity contribution in [1.82, 2.24) is 10.6 Å². The van der Waals surface area contributed by atoms with Crippen LogP contribution in [0.3, 0.4) is 0 Å². The molecule has 8 N–H and O–H groups in total. The number of primary amides is 1. The molecule has 0 unspecified atom stereocenters. The third-order valence-corrected chi connectivity index (χ3v) is 2.19. The summed E-state index contributed by atoms with van der Waals surface area (Å²) in [5, 5.41) is 20.2. The Bertz CT molecular complexity index is 510. The van der Waals surface area contributed by atoms with E-state index in [9.17, 15) is 32.3 Å². The Labute approximate surface area is 138 Å². The third kappa shape index (κ3) is 14.4. The molecule has 14 heteroatoms. The van der Waals surface area contributed by atoms with Gasteiger partial charge in [0.15, 0.2) is 0 Å². The number of nitrogens with two attached hydrogens (primary N) is 2. The largest absolute Gasteiger partial charge is 0.490 e. The lowest BCUT2D eigenvalue weighted by Gasteiger charge is -2.13. The molecule has 0 aromatic carbocycles. The van der Waals surface area contributed by atoms with Crippen LogP contribution in [0.1, 0.15) is 12.8 Å². The number of carbonyl (C=O) groups excluding carboxylic acids is 3. The monoisotopic (exact) mass is 374 g/mol. The average molecular weight is 374 g/mol. The fourth-order valence-electron chi connectivity index (χ4n) is 1.04. The molecule has 0 bridgehead atoms. The quantitative estimate of drug-likeness (QED) is 0.268. The smallest absolute Gasteiger partial charge is 0.480 e. The van der Waals surface area contributed by atoms with Crippen molar-refractivity contribution in [3.63, 3.8) is 0 Å². The number of hydrogen-bond donors (Lipinski definition) is 6. The second-order valence-corrected chi connectivity index (χ2v) is 4.25. The molecule has 25 heavy (non-hydrogen) atoms. The molecule has 0 radical (unpaired) electrons. The normalized spacial score (nSPS) is 11.4. The van der Waals surface area contributed by atoms with E-state index < -0.39 is 41.9 Å². The number of carboxylic acids is 2. The van der Waals surface area contributed by atoms with Gasteiger partial charge in [0.25, 0.3) is 0 Å². The van der Waals surface area contributed by atoms with Gasteiger partial charge in [0.05, 0.1) is 13.1 Å². The Morgan fingerprint density at radius 2 is 1.52 bits per heavy atom.